The van der Waals surface area contributed by atoms with Gasteiger partial charge in [0.25, 0.3) is 5.91 Å². The van der Waals surface area contributed by atoms with Crippen molar-refractivity contribution in [2.45, 2.75) is 26.2 Å². The molecule has 0 fully saturated rings. The fraction of sp³-hybridized carbons (Fsp3) is 0.172. The van der Waals surface area contributed by atoms with Crippen LogP contribution in [-0.4, -0.2) is 22.4 Å². The van der Waals surface area contributed by atoms with Crippen LogP contribution in [0.15, 0.2) is 78.9 Å². The van der Waals surface area contributed by atoms with Crippen molar-refractivity contribution >= 4 is 27.7 Å². The number of aromatic nitrogens is 2. The first kappa shape index (κ1) is 21.8. The standard InChI is InChI=1S/C29H26FN3O/c1-18(2)19-11-13-21(14-12-19)27-28-23(22-8-4-6-10-25(22)32-28)17-26(33-27)29(34)31-16-15-20-7-3-5-9-24(20)30/h3-14,17-18,32H,15-16H2,1-2H3,(H,31,34). The molecule has 3 aromatic carbocycles. The quantitative estimate of drug-likeness (QED) is 0.305. The Morgan fingerprint density at radius 3 is 2.47 bits per heavy atom. The molecule has 0 aliphatic carbocycles. The number of aromatic amines is 1. The third kappa shape index (κ3) is 4.17. The lowest BCUT2D eigenvalue weighted by Crippen LogP contribution is -2.26. The van der Waals surface area contributed by atoms with E-state index in [4.69, 9.17) is 4.98 Å². The van der Waals surface area contributed by atoms with Gasteiger partial charge < -0.3 is 10.3 Å². The number of benzene rings is 3. The monoisotopic (exact) mass is 451 g/mol. The van der Waals surface area contributed by atoms with Gasteiger partial charge in [-0.2, -0.15) is 0 Å². The van der Waals surface area contributed by atoms with Gasteiger partial charge in [0.1, 0.15) is 11.5 Å². The van der Waals surface area contributed by atoms with Crippen molar-refractivity contribution in [3.8, 4) is 11.3 Å². The summed E-state index contributed by atoms with van der Waals surface area (Å²) < 4.78 is 13.9. The van der Waals surface area contributed by atoms with Crippen molar-refractivity contribution in [1.29, 1.82) is 0 Å². The Morgan fingerprint density at radius 1 is 0.971 bits per heavy atom. The Hall–Kier alpha value is -3.99. The number of hydrogen-bond donors (Lipinski definition) is 2. The molecule has 34 heavy (non-hydrogen) atoms. The second kappa shape index (κ2) is 9.10. The number of para-hydroxylation sites is 1. The summed E-state index contributed by atoms with van der Waals surface area (Å²) in [7, 11) is 0. The molecule has 5 rings (SSSR count). The van der Waals surface area contributed by atoms with E-state index in [9.17, 15) is 9.18 Å². The van der Waals surface area contributed by atoms with E-state index in [0.717, 1.165) is 33.1 Å². The Balaban J connectivity index is 1.52. The summed E-state index contributed by atoms with van der Waals surface area (Å²) in [5, 5.41) is 4.90. The van der Waals surface area contributed by atoms with E-state index in [2.05, 4.69) is 48.4 Å². The molecule has 0 radical (unpaired) electrons. The van der Waals surface area contributed by atoms with Gasteiger partial charge in [-0.3, -0.25) is 4.79 Å². The summed E-state index contributed by atoms with van der Waals surface area (Å²) in [6, 6.07) is 24.8. The number of rotatable bonds is 6. The molecule has 0 bridgehead atoms. The normalized spacial score (nSPS) is 11.4. The van der Waals surface area contributed by atoms with Crippen LogP contribution in [0.1, 0.15) is 41.4 Å². The number of pyridine rings is 1. The van der Waals surface area contributed by atoms with E-state index in [1.807, 2.05) is 30.3 Å². The zero-order valence-corrected chi connectivity index (χ0v) is 19.2. The van der Waals surface area contributed by atoms with Crippen molar-refractivity contribution in [3.63, 3.8) is 0 Å². The molecule has 5 aromatic rings. The molecule has 170 valence electrons. The molecule has 2 heterocycles. The second-order valence-corrected chi connectivity index (χ2v) is 8.82. The summed E-state index contributed by atoms with van der Waals surface area (Å²) in [5.74, 6) is -0.104. The van der Waals surface area contributed by atoms with Crippen LogP contribution >= 0.6 is 0 Å². The SMILES string of the molecule is CC(C)c1ccc(-c2nc(C(=O)NCCc3ccccc3F)cc3c2[nH]c2ccccc23)cc1. The molecule has 0 spiro atoms. The van der Waals surface area contributed by atoms with Crippen LogP contribution in [0.2, 0.25) is 0 Å². The third-order valence-corrected chi connectivity index (χ3v) is 6.22. The molecular weight excluding hydrogens is 425 g/mol. The van der Waals surface area contributed by atoms with E-state index in [1.54, 1.807) is 18.2 Å². The molecule has 0 saturated carbocycles. The van der Waals surface area contributed by atoms with Crippen molar-refractivity contribution in [1.82, 2.24) is 15.3 Å². The number of amides is 1. The number of carbonyl (C=O) groups is 1. The molecule has 0 aliphatic rings. The minimum atomic E-state index is -0.274. The van der Waals surface area contributed by atoms with Crippen molar-refractivity contribution in [3.05, 3.63) is 102 Å². The Bertz CT molecular complexity index is 1490. The fourth-order valence-electron chi connectivity index (χ4n) is 4.30. The molecule has 0 atom stereocenters. The molecule has 2 aromatic heterocycles. The van der Waals surface area contributed by atoms with Gasteiger partial charge in [0, 0.05) is 28.4 Å². The highest BCUT2D eigenvalue weighted by Gasteiger charge is 2.17. The lowest BCUT2D eigenvalue weighted by Gasteiger charge is -2.10. The summed E-state index contributed by atoms with van der Waals surface area (Å²) in [4.78, 5) is 21.3. The minimum absolute atomic E-state index is 0.262. The molecule has 2 N–H and O–H groups in total. The van der Waals surface area contributed by atoms with E-state index in [0.29, 0.717) is 30.1 Å². The summed E-state index contributed by atoms with van der Waals surface area (Å²) >= 11 is 0. The highest BCUT2D eigenvalue weighted by molar-refractivity contribution is 6.13. The van der Waals surface area contributed by atoms with Gasteiger partial charge in [0.05, 0.1) is 11.2 Å². The van der Waals surface area contributed by atoms with Crippen LogP contribution in [0.5, 0.6) is 0 Å². The molecule has 0 unspecified atom stereocenters. The first-order valence-corrected chi connectivity index (χ1v) is 11.5. The van der Waals surface area contributed by atoms with Crippen LogP contribution in [-0.2, 0) is 6.42 Å². The van der Waals surface area contributed by atoms with Gasteiger partial charge in [-0.1, -0.05) is 74.5 Å². The number of nitrogens with zero attached hydrogens (tertiary/aromatic N) is 1. The van der Waals surface area contributed by atoms with E-state index >= 15 is 0 Å². The molecule has 0 saturated heterocycles. The zero-order chi connectivity index (χ0) is 23.7. The van der Waals surface area contributed by atoms with E-state index in [-0.39, 0.29) is 11.7 Å². The number of halogens is 1. The second-order valence-electron chi connectivity index (χ2n) is 8.82. The molecule has 5 heteroatoms. The lowest BCUT2D eigenvalue weighted by atomic mass is 9.99. The average Bonchev–Trinajstić information content (AvgIpc) is 3.23. The number of nitrogens with one attached hydrogen (secondary N) is 2. The van der Waals surface area contributed by atoms with Crippen molar-refractivity contribution in [2.24, 2.45) is 0 Å². The van der Waals surface area contributed by atoms with Crippen LogP contribution in [0.3, 0.4) is 0 Å². The van der Waals surface area contributed by atoms with Gasteiger partial charge in [-0.15, -0.1) is 0 Å². The predicted octanol–water partition coefficient (Wildman–Crippen LogP) is 6.62. The first-order chi connectivity index (χ1) is 16.5. The molecule has 4 nitrogen and oxygen atoms in total. The maximum atomic E-state index is 13.9. The largest absolute Gasteiger partial charge is 0.353 e. The Kier molecular flexibility index (Phi) is 5.84. The first-order valence-electron chi connectivity index (χ1n) is 11.5. The number of carbonyl (C=O) groups excluding carboxylic acids is 1. The fourth-order valence-corrected chi connectivity index (χ4v) is 4.30. The zero-order valence-electron chi connectivity index (χ0n) is 19.2. The maximum Gasteiger partial charge on any atom is 0.269 e. The summed E-state index contributed by atoms with van der Waals surface area (Å²) in [6.07, 6.45) is 0.414. The number of H-pyrrole nitrogens is 1. The van der Waals surface area contributed by atoms with Gasteiger partial charge in [0.15, 0.2) is 0 Å². The van der Waals surface area contributed by atoms with E-state index in [1.165, 1.54) is 11.6 Å². The van der Waals surface area contributed by atoms with Crippen molar-refractivity contribution < 1.29 is 9.18 Å². The Morgan fingerprint density at radius 2 is 1.71 bits per heavy atom. The van der Waals surface area contributed by atoms with Crippen LogP contribution in [0.4, 0.5) is 4.39 Å². The van der Waals surface area contributed by atoms with Crippen LogP contribution < -0.4 is 5.32 Å². The lowest BCUT2D eigenvalue weighted by molar-refractivity contribution is 0.0949. The smallest absolute Gasteiger partial charge is 0.269 e. The molecule has 0 aliphatic heterocycles. The van der Waals surface area contributed by atoms with Gasteiger partial charge >= 0.3 is 0 Å². The highest BCUT2D eigenvalue weighted by Crippen LogP contribution is 2.33. The summed E-state index contributed by atoms with van der Waals surface area (Å²) in [5.41, 5.74) is 5.75. The number of hydrogen-bond acceptors (Lipinski definition) is 2. The van der Waals surface area contributed by atoms with E-state index < -0.39 is 0 Å². The third-order valence-electron chi connectivity index (χ3n) is 6.22. The Labute approximate surface area is 197 Å². The van der Waals surface area contributed by atoms with Crippen LogP contribution in [0, 0.1) is 5.82 Å². The highest BCUT2D eigenvalue weighted by atomic mass is 19.1. The van der Waals surface area contributed by atoms with Crippen LogP contribution in [0.25, 0.3) is 33.1 Å². The van der Waals surface area contributed by atoms with Gasteiger partial charge in [-0.05, 0) is 41.7 Å². The van der Waals surface area contributed by atoms with Gasteiger partial charge in [-0.25, -0.2) is 9.37 Å². The predicted molar refractivity (Wildman–Crippen MR) is 136 cm³/mol. The minimum Gasteiger partial charge on any atom is -0.353 e. The topological polar surface area (TPSA) is 57.8 Å². The molecule has 1 amide bonds. The average molecular weight is 452 g/mol. The summed E-state index contributed by atoms with van der Waals surface area (Å²) in [6.45, 7) is 4.65. The number of fused-ring (bicyclic) bond motifs is 3. The maximum absolute atomic E-state index is 13.9. The van der Waals surface area contributed by atoms with Gasteiger partial charge in [0.2, 0.25) is 0 Å². The van der Waals surface area contributed by atoms with Crippen molar-refractivity contribution in [2.75, 3.05) is 6.54 Å². The molecular formula is C29H26FN3O.